The molecule has 1 atom stereocenters. The van der Waals surface area contributed by atoms with Crippen LogP contribution in [0.25, 0.3) is 0 Å². The third-order valence-corrected chi connectivity index (χ3v) is 5.42. The van der Waals surface area contributed by atoms with Gasteiger partial charge in [0.2, 0.25) is 10.0 Å². The van der Waals surface area contributed by atoms with Crippen LogP contribution in [-0.4, -0.2) is 20.1 Å². The van der Waals surface area contributed by atoms with Crippen molar-refractivity contribution in [3.05, 3.63) is 35.9 Å². The third kappa shape index (κ3) is 3.46. The molecule has 0 aromatic heterocycles. The minimum Gasteiger partial charge on any atom is -0.212 e. The average Bonchev–Trinajstić information content (AvgIpc) is 3.12. The Balaban J connectivity index is 2.17. The number of hydrogen-bond donors (Lipinski definition) is 1. The fraction of sp³-hybridized carbons (Fsp3) is 0.538. The molecule has 1 aliphatic carbocycles. The number of sulfonamides is 1. The number of nitrogens with one attached hydrogen (secondary N) is 1. The molecule has 0 spiro atoms. The van der Waals surface area contributed by atoms with Crippen molar-refractivity contribution in [1.29, 1.82) is 0 Å². The summed E-state index contributed by atoms with van der Waals surface area (Å²) in [5.74, 6) is 0.755. The summed E-state index contributed by atoms with van der Waals surface area (Å²) in [6, 6.07) is 9.45. The maximum Gasteiger partial charge on any atom is 0.212 e. The van der Waals surface area contributed by atoms with E-state index in [2.05, 4.69) is 4.72 Å². The minimum atomic E-state index is -3.27. The summed E-state index contributed by atoms with van der Waals surface area (Å²) in [5.41, 5.74) is 0.149. The lowest BCUT2D eigenvalue weighted by molar-refractivity contribution is 0.476. The number of hydrogen-bond acceptors (Lipinski definition) is 2. The fourth-order valence-electron chi connectivity index (χ4n) is 1.95. The SMILES string of the molecule is CC(CCl)(NS(=O)(=O)CC1CC1)c1ccccc1. The predicted octanol–water partition coefficient (Wildman–Crippen LogP) is 2.47. The number of halogens is 1. The van der Waals surface area contributed by atoms with Crippen LogP contribution < -0.4 is 4.72 Å². The smallest absolute Gasteiger partial charge is 0.212 e. The van der Waals surface area contributed by atoms with Gasteiger partial charge in [0.05, 0.1) is 11.3 Å². The highest BCUT2D eigenvalue weighted by atomic mass is 35.5. The van der Waals surface area contributed by atoms with E-state index in [4.69, 9.17) is 11.6 Å². The summed E-state index contributed by atoms with van der Waals surface area (Å²) in [6.45, 7) is 1.82. The van der Waals surface area contributed by atoms with Crippen LogP contribution in [0.4, 0.5) is 0 Å². The molecule has 5 heteroatoms. The summed E-state index contributed by atoms with van der Waals surface area (Å²) < 4.78 is 26.9. The van der Waals surface area contributed by atoms with Gasteiger partial charge in [0.1, 0.15) is 0 Å². The maximum atomic E-state index is 12.1. The molecule has 1 N–H and O–H groups in total. The van der Waals surface area contributed by atoms with Crippen molar-refractivity contribution >= 4 is 21.6 Å². The van der Waals surface area contributed by atoms with Crippen LogP contribution in [0.5, 0.6) is 0 Å². The van der Waals surface area contributed by atoms with Crippen molar-refractivity contribution in [3.8, 4) is 0 Å². The van der Waals surface area contributed by atoms with Crippen molar-refractivity contribution in [3.63, 3.8) is 0 Å². The zero-order valence-corrected chi connectivity index (χ0v) is 12.0. The molecule has 0 heterocycles. The fourth-order valence-corrected chi connectivity index (χ4v) is 4.16. The van der Waals surface area contributed by atoms with E-state index in [0.29, 0.717) is 5.92 Å². The second-order valence-electron chi connectivity index (χ2n) is 5.16. The van der Waals surface area contributed by atoms with Crippen molar-refractivity contribution < 1.29 is 8.42 Å². The van der Waals surface area contributed by atoms with E-state index in [1.165, 1.54) is 0 Å². The highest BCUT2D eigenvalue weighted by molar-refractivity contribution is 7.89. The maximum absolute atomic E-state index is 12.1. The third-order valence-electron chi connectivity index (χ3n) is 3.21. The van der Waals surface area contributed by atoms with Crippen LogP contribution in [0.1, 0.15) is 25.3 Å². The second-order valence-corrected chi connectivity index (χ2v) is 7.19. The van der Waals surface area contributed by atoms with E-state index in [-0.39, 0.29) is 11.6 Å². The summed E-state index contributed by atoms with van der Waals surface area (Å²) in [6.07, 6.45) is 2.04. The molecule has 100 valence electrons. The molecule has 1 unspecified atom stereocenters. The van der Waals surface area contributed by atoms with Crippen LogP contribution in [-0.2, 0) is 15.6 Å². The van der Waals surface area contributed by atoms with Crippen molar-refractivity contribution in [2.75, 3.05) is 11.6 Å². The Labute approximate surface area is 114 Å². The van der Waals surface area contributed by atoms with Gasteiger partial charge in [-0.1, -0.05) is 30.3 Å². The topological polar surface area (TPSA) is 46.2 Å². The molecule has 1 aliphatic rings. The number of rotatable bonds is 6. The lowest BCUT2D eigenvalue weighted by Gasteiger charge is -2.28. The Morgan fingerprint density at radius 2 is 1.94 bits per heavy atom. The van der Waals surface area contributed by atoms with E-state index in [9.17, 15) is 8.42 Å². The van der Waals surface area contributed by atoms with Crippen LogP contribution in [0.15, 0.2) is 30.3 Å². The summed E-state index contributed by atoms with van der Waals surface area (Å²) >= 11 is 5.97. The van der Waals surface area contributed by atoms with Crippen molar-refractivity contribution in [2.24, 2.45) is 5.92 Å². The van der Waals surface area contributed by atoms with Gasteiger partial charge in [-0.2, -0.15) is 0 Å². The lowest BCUT2D eigenvalue weighted by Crippen LogP contribution is -2.46. The number of alkyl halides is 1. The standard InChI is InChI=1S/C13H18ClNO2S/c1-13(10-14,12-5-3-2-4-6-12)15-18(16,17)9-11-7-8-11/h2-6,11,15H,7-10H2,1H3. The Morgan fingerprint density at radius 3 is 2.44 bits per heavy atom. The summed E-state index contributed by atoms with van der Waals surface area (Å²) in [4.78, 5) is 0. The Morgan fingerprint density at radius 1 is 1.33 bits per heavy atom. The zero-order chi connectivity index (χ0) is 13.2. The van der Waals surface area contributed by atoms with Gasteiger partial charge >= 0.3 is 0 Å². The molecule has 0 aliphatic heterocycles. The highest BCUT2D eigenvalue weighted by Gasteiger charge is 2.34. The first-order chi connectivity index (χ1) is 8.45. The minimum absolute atomic E-state index is 0.209. The van der Waals surface area contributed by atoms with E-state index in [0.717, 1.165) is 18.4 Å². The van der Waals surface area contributed by atoms with Crippen LogP contribution in [0.3, 0.4) is 0 Å². The number of benzene rings is 1. The van der Waals surface area contributed by atoms with E-state index >= 15 is 0 Å². The van der Waals surface area contributed by atoms with Crippen LogP contribution in [0.2, 0.25) is 0 Å². The van der Waals surface area contributed by atoms with Crippen molar-refractivity contribution in [1.82, 2.24) is 4.72 Å². The summed E-state index contributed by atoms with van der Waals surface area (Å²) in [7, 11) is -3.27. The Hall–Kier alpha value is -0.580. The Bertz CT molecular complexity index is 499. The predicted molar refractivity (Wildman–Crippen MR) is 74.2 cm³/mol. The molecule has 0 amide bonds. The molecule has 0 radical (unpaired) electrons. The molecular formula is C13H18ClNO2S. The van der Waals surface area contributed by atoms with Gasteiger partial charge in [-0.25, -0.2) is 13.1 Å². The first kappa shape index (κ1) is 13.8. The molecule has 1 aromatic rings. The molecular weight excluding hydrogens is 270 g/mol. The monoisotopic (exact) mass is 287 g/mol. The van der Waals surface area contributed by atoms with Crippen LogP contribution >= 0.6 is 11.6 Å². The van der Waals surface area contributed by atoms with Gasteiger partial charge in [-0.15, -0.1) is 11.6 Å². The van der Waals surface area contributed by atoms with Gasteiger partial charge in [0.25, 0.3) is 0 Å². The molecule has 0 bridgehead atoms. The van der Waals surface area contributed by atoms with E-state index < -0.39 is 15.6 Å². The molecule has 1 aromatic carbocycles. The van der Waals surface area contributed by atoms with Gasteiger partial charge in [-0.05, 0) is 31.2 Å². The molecule has 1 saturated carbocycles. The Kier molecular flexibility index (Phi) is 3.99. The van der Waals surface area contributed by atoms with Crippen LogP contribution in [0, 0.1) is 5.92 Å². The largest absolute Gasteiger partial charge is 0.212 e. The van der Waals surface area contributed by atoms with Crippen molar-refractivity contribution in [2.45, 2.75) is 25.3 Å². The quantitative estimate of drug-likeness (QED) is 0.817. The summed E-state index contributed by atoms with van der Waals surface area (Å²) in [5, 5.41) is 0. The lowest BCUT2D eigenvalue weighted by atomic mass is 9.96. The zero-order valence-electron chi connectivity index (χ0n) is 10.4. The van der Waals surface area contributed by atoms with Gasteiger partial charge in [-0.3, -0.25) is 0 Å². The second kappa shape index (κ2) is 5.19. The van der Waals surface area contributed by atoms with Gasteiger partial charge < -0.3 is 0 Å². The normalized spacial score (nSPS) is 19.4. The molecule has 2 rings (SSSR count). The van der Waals surface area contributed by atoms with E-state index in [1.54, 1.807) is 0 Å². The van der Waals surface area contributed by atoms with Gasteiger partial charge in [0, 0.05) is 5.88 Å². The molecule has 18 heavy (non-hydrogen) atoms. The molecule has 0 saturated heterocycles. The first-order valence-electron chi connectivity index (χ1n) is 6.08. The average molecular weight is 288 g/mol. The van der Waals surface area contributed by atoms with E-state index in [1.807, 2.05) is 37.3 Å². The molecule has 3 nitrogen and oxygen atoms in total. The molecule has 1 fully saturated rings. The van der Waals surface area contributed by atoms with Gasteiger partial charge in [0.15, 0.2) is 0 Å². The highest BCUT2D eigenvalue weighted by Crippen LogP contribution is 2.31. The first-order valence-corrected chi connectivity index (χ1v) is 8.27.